The molecule has 2 N–H and O–H groups in total. The van der Waals surface area contributed by atoms with Crippen LogP contribution < -0.4 is 74.2 Å². The van der Waals surface area contributed by atoms with Crippen molar-refractivity contribution in [2.75, 3.05) is 6.54 Å². The first-order valence-corrected chi connectivity index (χ1v) is 3.43. The van der Waals surface area contributed by atoms with Gasteiger partial charge in [0.25, 0.3) is 0 Å². The Labute approximate surface area is 125 Å². The predicted octanol–water partition coefficient (Wildman–Crippen LogP) is -3.26. The van der Waals surface area contributed by atoms with Gasteiger partial charge in [-0.15, -0.1) is 10.2 Å². The zero-order chi connectivity index (χ0) is 6.81. The molecule has 0 saturated carbocycles. The van der Waals surface area contributed by atoms with Crippen molar-refractivity contribution in [3.05, 3.63) is 5.82 Å². The number of H-pyrrole nitrogens is 1. The Morgan fingerprint density at radius 3 is 3.00 bits per heavy atom. The standard InChI is InChI=1S/C5H9N5.Cs.H/c1-2-4(6-3-1)5-7-9-10-8-5;;/h4,6H,1-3H2,(H,7,8,9,10);;/q;+1;-1. The first kappa shape index (κ1) is 10.2. The zero-order valence-electron chi connectivity index (χ0n) is 7.54. The number of rotatable bonds is 1. The van der Waals surface area contributed by atoms with Crippen molar-refractivity contribution in [3.8, 4) is 0 Å². The van der Waals surface area contributed by atoms with Gasteiger partial charge in [0.2, 0.25) is 0 Å². The molecule has 1 fully saturated rings. The Bertz CT molecular complexity index is 198. The minimum absolute atomic E-state index is 0. The van der Waals surface area contributed by atoms with Crippen molar-refractivity contribution in [3.63, 3.8) is 0 Å². The molecule has 0 amide bonds. The Morgan fingerprint density at radius 1 is 1.55 bits per heavy atom. The maximum Gasteiger partial charge on any atom is 1.00 e. The Hall–Kier alpha value is 1.08. The summed E-state index contributed by atoms with van der Waals surface area (Å²) >= 11 is 0. The van der Waals surface area contributed by atoms with Crippen molar-refractivity contribution in [2.24, 2.45) is 0 Å². The summed E-state index contributed by atoms with van der Waals surface area (Å²) in [5.74, 6) is 0.789. The van der Waals surface area contributed by atoms with Gasteiger partial charge < -0.3 is 6.74 Å². The predicted molar refractivity (Wildman–Crippen MR) is 35.3 cm³/mol. The van der Waals surface area contributed by atoms with Gasteiger partial charge in [-0.3, -0.25) is 0 Å². The molecule has 1 aromatic heterocycles. The van der Waals surface area contributed by atoms with E-state index in [9.17, 15) is 0 Å². The van der Waals surface area contributed by atoms with Gasteiger partial charge in [-0.05, 0) is 19.4 Å². The fourth-order valence-corrected chi connectivity index (χ4v) is 1.22. The van der Waals surface area contributed by atoms with E-state index in [-0.39, 0.29) is 70.3 Å². The third-order valence-electron chi connectivity index (χ3n) is 1.73. The number of hydrogen-bond donors (Lipinski definition) is 2. The van der Waals surface area contributed by atoms with Crippen LogP contribution in [0, 0.1) is 0 Å². The molecule has 2 rings (SSSR count). The third-order valence-corrected chi connectivity index (χ3v) is 1.73. The number of nitrogens with zero attached hydrogens (tertiary/aromatic N) is 3. The van der Waals surface area contributed by atoms with Gasteiger partial charge >= 0.3 is 68.9 Å². The topological polar surface area (TPSA) is 66.5 Å². The monoisotopic (exact) mass is 273 g/mol. The summed E-state index contributed by atoms with van der Waals surface area (Å²) in [7, 11) is 0. The molecule has 6 heteroatoms. The molecule has 0 bridgehead atoms. The van der Waals surface area contributed by atoms with Crippen molar-refractivity contribution in [2.45, 2.75) is 18.9 Å². The normalized spacial score (nSPS) is 23.1. The minimum Gasteiger partial charge on any atom is -1.00 e. The fraction of sp³-hybridized carbons (Fsp3) is 0.800. The van der Waals surface area contributed by atoms with Crippen LogP contribution in [0.25, 0.3) is 0 Å². The second-order valence-electron chi connectivity index (χ2n) is 2.42. The second kappa shape index (κ2) is 4.95. The van der Waals surface area contributed by atoms with E-state index in [0.29, 0.717) is 6.04 Å². The van der Waals surface area contributed by atoms with Gasteiger partial charge in [-0.25, -0.2) is 0 Å². The molecule has 1 aromatic rings. The first-order valence-electron chi connectivity index (χ1n) is 3.43. The Balaban J connectivity index is 0.000000605. The maximum absolute atomic E-state index is 3.89. The van der Waals surface area contributed by atoms with Crippen LogP contribution in [-0.4, -0.2) is 27.2 Å². The van der Waals surface area contributed by atoms with E-state index >= 15 is 0 Å². The van der Waals surface area contributed by atoms with Crippen LogP contribution in [0.15, 0.2) is 0 Å². The maximum atomic E-state index is 3.89. The second-order valence-corrected chi connectivity index (χ2v) is 2.42. The summed E-state index contributed by atoms with van der Waals surface area (Å²) in [4.78, 5) is 0. The molecule has 1 unspecified atom stereocenters. The summed E-state index contributed by atoms with van der Waals surface area (Å²) in [6.07, 6.45) is 2.33. The van der Waals surface area contributed by atoms with Crippen LogP contribution in [-0.2, 0) is 0 Å². The SMILES string of the molecule is C1CNC(c2nn[nH]n2)C1.[Cs+].[H-]. The van der Waals surface area contributed by atoms with Crippen LogP contribution in [0.5, 0.6) is 0 Å². The van der Waals surface area contributed by atoms with E-state index < -0.39 is 0 Å². The van der Waals surface area contributed by atoms with Crippen LogP contribution in [0.1, 0.15) is 26.1 Å². The zero-order valence-corrected chi connectivity index (χ0v) is 12.8. The van der Waals surface area contributed by atoms with Gasteiger partial charge in [-0.1, -0.05) is 5.21 Å². The molecule has 1 saturated heterocycles. The molecule has 0 spiro atoms. The minimum atomic E-state index is 0. The van der Waals surface area contributed by atoms with Crippen LogP contribution in [0.3, 0.4) is 0 Å². The summed E-state index contributed by atoms with van der Waals surface area (Å²) in [5.41, 5.74) is 0. The van der Waals surface area contributed by atoms with Crippen molar-refractivity contribution in [1.29, 1.82) is 0 Å². The van der Waals surface area contributed by atoms with E-state index in [1.54, 1.807) is 0 Å². The van der Waals surface area contributed by atoms with Crippen LogP contribution in [0.2, 0.25) is 0 Å². The number of nitrogens with one attached hydrogen (secondary N) is 2. The molecule has 11 heavy (non-hydrogen) atoms. The van der Waals surface area contributed by atoms with Crippen molar-refractivity contribution >= 4 is 0 Å². The number of hydrogen-bond acceptors (Lipinski definition) is 4. The fourth-order valence-electron chi connectivity index (χ4n) is 1.22. The molecule has 2 heterocycles. The summed E-state index contributed by atoms with van der Waals surface area (Å²) < 4.78 is 0. The first-order chi connectivity index (χ1) is 4.97. The average molecular weight is 273 g/mol. The smallest absolute Gasteiger partial charge is 1.00 e. The summed E-state index contributed by atoms with van der Waals surface area (Å²) in [6.45, 7) is 1.07. The molecule has 0 aromatic carbocycles. The van der Waals surface area contributed by atoms with Gasteiger partial charge in [0, 0.05) is 0 Å². The van der Waals surface area contributed by atoms with Gasteiger partial charge in [0.15, 0.2) is 5.82 Å². The quantitative estimate of drug-likeness (QED) is 0.564. The van der Waals surface area contributed by atoms with Crippen molar-refractivity contribution in [1.82, 2.24) is 25.9 Å². The Kier molecular flexibility index (Phi) is 4.58. The van der Waals surface area contributed by atoms with Crippen LogP contribution in [0.4, 0.5) is 0 Å². The number of aromatic amines is 1. The molecule has 0 radical (unpaired) electrons. The van der Waals surface area contributed by atoms with Gasteiger partial charge in [0.05, 0.1) is 6.04 Å². The summed E-state index contributed by atoms with van der Waals surface area (Å²) in [6, 6.07) is 0.332. The Morgan fingerprint density at radius 2 is 2.45 bits per heavy atom. The molecule has 5 nitrogen and oxygen atoms in total. The molecule has 1 atom stereocenters. The number of tetrazole rings is 1. The summed E-state index contributed by atoms with van der Waals surface area (Å²) in [5, 5.41) is 17.0. The molecule has 1 aliphatic rings. The molecular weight excluding hydrogens is 263 g/mol. The van der Waals surface area contributed by atoms with E-state index in [0.717, 1.165) is 18.8 Å². The van der Waals surface area contributed by atoms with Crippen LogP contribution >= 0.6 is 0 Å². The molecule has 56 valence electrons. The van der Waals surface area contributed by atoms with E-state index in [1.807, 2.05) is 0 Å². The molecule has 1 aliphatic heterocycles. The average Bonchev–Trinajstić information content (AvgIpc) is 2.59. The van der Waals surface area contributed by atoms with E-state index in [4.69, 9.17) is 0 Å². The van der Waals surface area contributed by atoms with E-state index in [1.165, 1.54) is 6.42 Å². The largest absolute Gasteiger partial charge is 1.00 e. The van der Waals surface area contributed by atoms with Crippen molar-refractivity contribution < 1.29 is 70.3 Å². The van der Waals surface area contributed by atoms with Gasteiger partial charge in [-0.2, -0.15) is 5.21 Å². The number of aromatic nitrogens is 4. The van der Waals surface area contributed by atoms with Gasteiger partial charge in [0.1, 0.15) is 0 Å². The molecular formula is C5H10CsN5. The third kappa shape index (κ3) is 2.51. The van der Waals surface area contributed by atoms with E-state index in [2.05, 4.69) is 25.9 Å². The molecule has 0 aliphatic carbocycles.